The molecule has 0 unspecified atom stereocenters. The van der Waals surface area contributed by atoms with Crippen molar-refractivity contribution in [2.75, 3.05) is 54.4 Å². The van der Waals surface area contributed by atoms with Crippen LogP contribution in [0.4, 0.5) is 0 Å². The van der Waals surface area contributed by atoms with Gasteiger partial charge in [0, 0.05) is 33.7 Å². The molecule has 0 aromatic rings. The Hall–Kier alpha value is -0.770. The molecular formula is C14H32N4. The molecule has 0 aliphatic carbocycles. The van der Waals surface area contributed by atoms with Crippen molar-refractivity contribution in [1.29, 1.82) is 0 Å². The number of nitrogens with zero attached hydrogens (tertiary/aromatic N) is 4. The lowest BCUT2D eigenvalue weighted by Crippen LogP contribution is -2.32. The monoisotopic (exact) mass is 256 g/mol. The standard InChI is InChI=1S/C11H24N4.C3H8/c1-12-11-14(4)9-10-15(11)8-6-5-7-13(2)3;1-3-2/h5-10H2,1-4H3;3H2,1-2H3. The van der Waals surface area contributed by atoms with Gasteiger partial charge in [-0.15, -0.1) is 0 Å². The van der Waals surface area contributed by atoms with Crippen LogP contribution in [0, 0.1) is 0 Å². The van der Waals surface area contributed by atoms with Gasteiger partial charge in [-0.1, -0.05) is 20.3 Å². The lowest BCUT2D eigenvalue weighted by Gasteiger charge is -2.20. The van der Waals surface area contributed by atoms with E-state index < -0.39 is 0 Å². The summed E-state index contributed by atoms with van der Waals surface area (Å²) < 4.78 is 0. The molecule has 1 fully saturated rings. The van der Waals surface area contributed by atoms with Gasteiger partial charge < -0.3 is 14.7 Å². The first kappa shape index (κ1) is 17.2. The van der Waals surface area contributed by atoms with Crippen LogP contribution < -0.4 is 0 Å². The molecule has 0 bridgehead atoms. The summed E-state index contributed by atoms with van der Waals surface area (Å²) in [4.78, 5) is 11.2. The fourth-order valence-electron chi connectivity index (χ4n) is 1.97. The summed E-state index contributed by atoms with van der Waals surface area (Å²) in [7, 11) is 8.25. The van der Waals surface area contributed by atoms with Gasteiger partial charge in [-0.05, 0) is 33.5 Å². The number of guanidine groups is 1. The molecule has 4 heteroatoms. The van der Waals surface area contributed by atoms with Crippen molar-refractivity contribution >= 4 is 5.96 Å². The number of aliphatic imine (C=N–C) groups is 1. The van der Waals surface area contributed by atoms with E-state index in [0.29, 0.717) is 0 Å². The Kier molecular flexibility index (Phi) is 9.74. The van der Waals surface area contributed by atoms with Crippen LogP contribution in [0.25, 0.3) is 0 Å². The van der Waals surface area contributed by atoms with E-state index in [9.17, 15) is 0 Å². The van der Waals surface area contributed by atoms with Crippen LogP contribution in [0.3, 0.4) is 0 Å². The minimum Gasteiger partial charge on any atom is -0.344 e. The van der Waals surface area contributed by atoms with Crippen LogP contribution in [0.5, 0.6) is 0 Å². The zero-order valence-corrected chi connectivity index (χ0v) is 13.2. The summed E-state index contributed by atoms with van der Waals surface area (Å²) >= 11 is 0. The second-order valence-corrected chi connectivity index (χ2v) is 5.15. The van der Waals surface area contributed by atoms with E-state index >= 15 is 0 Å². The van der Waals surface area contributed by atoms with E-state index in [0.717, 1.165) is 25.6 Å². The van der Waals surface area contributed by atoms with Crippen LogP contribution in [0.15, 0.2) is 4.99 Å². The zero-order valence-electron chi connectivity index (χ0n) is 13.2. The highest BCUT2D eigenvalue weighted by molar-refractivity contribution is 5.81. The molecule has 0 radical (unpaired) electrons. The van der Waals surface area contributed by atoms with Gasteiger partial charge in [-0.3, -0.25) is 4.99 Å². The fraction of sp³-hybridized carbons (Fsp3) is 0.929. The highest BCUT2D eigenvalue weighted by atomic mass is 15.4. The third-order valence-corrected chi connectivity index (χ3v) is 2.81. The van der Waals surface area contributed by atoms with Crippen LogP contribution in [0.2, 0.25) is 0 Å². The highest BCUT2D eigenvalue weighted by Gasteiger charge is 2.21. The second-order valence-electron chi connectivity index (χ2n) is 5.15. The van der Waals surface area contributed by atoms with Gasteiger partial charge in [0.1, 0.15) is 0 Å². The van der Waals surface area contributed by atoms with Gasteiger partial charge in [0.25, 0.3) is 0 Å². The summed E-state index contributed by atoms with van der Waals surface area (Å²) in [5.74, 6) is 1.15. The molecule has 0 aromatic heterocycles. The topological polar surface area (TPSA) is 22.1 Å². The molecule has 1 saturated heterocycles. The van der Waals surface area contributed by atoms with Gasteiger partial charge in [-0.2, -0.15) is 0 Å². The molecule has 0 spiro atoms. The predicted molar refractivity (Wildman–Crippen MR) is 81.3 cm³/mol. The molecular weight excluding hydrogens is 224 g/mol. The maximum Gasteiger partial charge on any atom is 0.196 e. The first-order valence-electron chi connectivity index (χ1n) is 7.14. The lowest BCUT2D eigenvalue weighted by atomic mass is 10.3. The molecule has 1 heterocycles. The van der Waals surface area contributed by atoms with Crippen LogP contribution in [0.1, 0.15) is 33.1 Å². The minimum atomic E-state index is 1.11. The molecule has 0 atom stereocenters. The minimum absolute atomic E-state index is 1.11. The third-order valence-electron chi connectivity index (χ3n) is 2.81. The van der Waals surface area contributed by atoms with Crippen LogP contribution in [-0.4, -0.2) is 75.0 Å². The molecule has 1 rings (SSSR count). The molecule has 4 nitrogen and oxygen atoms in total. The fourth-order valence-corrected chi connectivity index (χ4v) is 1.97. The van der Waals surface area contributed by atoms with Gasteiger partial charge in [0.15, 0.2) is 5.96 Å². The van der Waals surface area contributed by atoms with Gasteiger partial charge in [0.05, 0.1) is 0 Å². The second kappa shape index (κ2) is 10.2. The third kappa shape index (κ3) is 6.84. The number of hydrogen-bond donors (Lipinski definition) is 0. The van der Waals surface area contributed by atoms with Crippen LogP contribution >= 0.6 is 0 Å². The molecule has 0 N–H and O–H groups in total. The Morgan fingerprint density at radius 2 is 1.78 bits per heavy atom. The van der Waals surface area contributed by atoms with E-state index in [2.05, 4.69) is 54.7 Å². The molecule has 1 aliphatic heterocycles. The van der Waals surface area contributed by atoms with Gasteiger partial charge in [-0.25, -0.2) is 0 Å². The first-order chi connectivity index (χ1) is 8.56. The first-order valence-corrected chi connectivity index (χ1v) is 7.14. The number of rotatable bonds is 5. The Labute approximate surface area is 114 Å². The predicted octanol–water partition coefficient (Wildman–Crippen LogP) is 1.98. The van der Waals surface area contributed by atoms with Crippen molar-refractivity contribution in [3.63, 3.8) is 0 Å². The SMILES string of the molecule is CCC.CN=C1N(C)CCN1CCCCN(C)C. The van der Waals surface area contributed by atoms with Crippen molar-refractivity contribution in [1.82, 2.24) is 14.7 Å². The average Bonchev–Trinajstić information content (AvgIpc) is 2.66. The van der Waals surface area contributed by atoms with E-state index in [4.69, 9.17) is 0 Å². The van der Waals surface area contributed by atoms with Crippen molar-refractivity contribution < 1.29 is 0 Å². The summed E-state index contributed by atoms with van der Waals surface area (Å²) in [6, 6.07) is 0. The van der Waals surface area contributed by atoms with Gasteiger partial charge in [0.2, 0.25) is 0 Å². The van der Waals surface area contributed by atoms with Gasteiger partial charge >= 0.3 is 0 Å². The van der Waals surface area contributed by atoms with Crippen molar-refractivity contribution in [3.8, 4) is 0 Å². The van der Waals surface area contributed by atoms with Crippen molar-refractivity contribution in [2.45, 2.75) is 33.1 Å². The summed E-state index contributed by atoms with van der Waals surface area (Å²) in [5.41, 5.74) is 0. The summed E-state index contributed by atoms with van der Waals surface area (Å²) in [5, 5.41) is 0. The number of unbranched alkanes of at least 4 members (excludes halogenated alkanes) is 1. The number of hydrogen-bond acceptors (Lipinski definition) is 2. The lowest BCUT2D eigenvalue weighted by molar-refractivity contribution is 0.371. The smallest absolute Gasteiger partial charge is 0.196 e. The largest absolute Gasteiger partial charge is 0.344 e. The molecule has 0 amide bonds. The molecule has 18 heavy (non-hydrogen) atoms. The highest BCUT2D eigenvalue weighted by Crippen LogP contribution is 2.07. The van der Waals surface area contributed by atoms with Crippen LogP contribution in [-0.2, 0) is 0 Å². The zero-order chi connectivity index (χ0) is 14.0. The molecule has 1 aliphatic rings. The molecule has 108 valence electrons. The molecule has 0 aromatic carbocycles. The maximum absolute atomic E-state index is 4.32. The maximum atomic E-state index is 4.32. The van der Waals surface area contributed by atoms with E-state index in [1.165, 1.54) is 25.8 Å². The summed E-state index contributed by atoms with van der Waals surface area (Å²) in [6.45, 7) is 8.82. The molecule has 0 saturated carbocycles. The normalized spacial score (nSPS) is 17.4. The Morgan fingerprint density at radius 1 is 1.17 bits per heavy atom. The van der Waals surface area contributed by atoms with E-state index in [-0.39, 0.29) is 0 Å². The Morgan fingerprint density at radius 3 is 2.28 bits per heavy atom. The van der Waals surface area contributed by atoms with Crippen molar-refractivity contribution in [2.24, 2.45) is 4.99 Å². The Bertz CT molecular complexity index is 226. The van der Waals surface area contributed by atoms with Crippen molar-refractivity contribution in [3.05, 3.63) is 0 Å². The quantitative estimate of drug-likeness (QED) is 0.702. The van der Waals surface area contributed by atoms with E-state index in [1.807, 2.05) is 7.05 Å². The van der Waals surface area contributed by atoms with E-state index in [1.54, 1.807) is 0 Å². The summed E-state index contributed by atoms with van der Waals surface area (Å²) in [6.07, 6.45) is 3.77. The Balaban J connectivity index is 0.000000873. The average molecular weight is 256 g/mol. The number of likely N-dealkylation sites (N-methyl/N-ethyl adjacent to an activating group) is 1.